The first-order valence-electron chi connectivity index (χ1n) is 4.68. The Labute approximate surface area is 106 Å². The van der Waals surface area contributed by atoms with Crippen LogP contribution in [0.15, 0.2) is 21.6 Å². The van der Waals surface area contributed by atoms with Crippen molar-refractivity contribution in [2.45, 2.75) is 6.42 Å². The van der Waals surface area contributed by atoms with Crippen molar-refractivity contribution in [2.24, 2.45) is 0 Å². The van der Waals surface area contributed by atoms with Crippen LogP contribution < -0.4 is 9.47 Å². The predicted molar refractivity (Wildman–Crippen MR) is 67.9 cm³/mol. The highest BCUT2D eigenvalue weighted by Gasteiger charge is 2.09. The third-order valence-electron chi connectivity index (χ3n) is 2.05. The van der Waals surface area contributed by atoms with E-state index in [9.17, 15) is 0 Å². The summed E-state index contributed by atoms with van der Waals surface area (Å²) in [5, 5.41) is 0. The van der Waals surface area contributed by atoms with Crippen LogP contribution in [0.25, 0.3) is 6.08 Å². The second kappa shape index (κ2) is 5.03. The number of halogens is 2. The zero-order valence-electron chi connectivity index (χ0n) is 8.00. The predicted octanol–water partition coefficient (Wildman–Crippen LogP) is 3.94. The van der Waals surface area contributed by atoms with Crippen molar-refractivity contribution in [1.82, 2.24) is 0 Å². The topological polar surface area (TPSA) is 18.5 Å². The Morgan fingerprint density at radius 1 is 1.13 bits per heavy atom. The minimum absolute atomic E-state index is 0.718. The summed E-state index contributed by atoms with van der Waals surface area (Å²) >= 11 is 6.66. The van der Waals surface area contributed by atoms with Crippen LogP contribution in [0, 0.1) is 0 Å². The van der Waals surface area contributed by atoms with Gasteiger partial charge in [-0.25, -0.2) is 0 Å². The van der Waals surface area contributed by atoms with E-state index in [1.165, 1.54) is 0 Å². The normalized spacial score (nSPS) is 14.3. The number of fused-ring (bicyclic) bond motifs is 1. The Morgan fingerprint density at radius 2 is 1.87 bits per heavy atom. The van der Waals surface area contributed by atoms with Crippen LogP contribution in [-0.4, -0.2) is 13.2 Å². The van der Waals surface area contributed by atoms with Crippen molar-refractivity contribution in [3.63, 3.8) is 0 Å². The van der Waals surface area contributed by atoms with E-state index in [2.05, 4.69) is 31.9 Å². The van der Waals surface area contributed by atoms with Gasteiger partial charge in [-0.15, -0.1) is 0 Å². The van der Waals surface area contributed by atoms with E-state index in [0.29, 0.717) is 0 Å². The van der Waals surface area contributed by atoms with Gasteiger partial charge in [0.05, 0.1) is 16.6 Å². The maximum Gasteiger partial charge on any atom is 0.161 e. The van der Waals surface area contributed by atoms with Gasteiger partial charge in [0.2, 0.25) is 0 Å². The molecule has 0 bridgehead atoms. The van der Waals surface area contributed by atoms with E-state index < -0.39 is 0 Å². The summed E-state index contributed by atoms with van der Waals surface area (Å²) in [6.45, 7) is 1.44. The lowest BCUT2D eigenvalue weighted by Crippen LogP contribution is -1.97. The fourth-order valence-electron chi connectivity index (χ4n) is 1.40. The number of rotatable bonds is 1. The molecule has 2 nitrogen and oxygen atoms in total. The molecule has 0 aromatic heterocycles. The molecule has 1 aromatic carbocycles. The molecule has 0 amide bonds. The van der Waals surface area contributed by atoms with Crippen LogP contribution in [0.2, 0.25) is 0 Å². The zero-order chi connectivity index (χ0) is 10.7. The minimum Gasteiger partial charge on any atom is -0.490 e. The van der Waals surface area contributed by atoms with Crippen LogP contribution >= 0.6 is 31.9 Å². The van der Waals surface area contributed by atoms with Crippen molar-refractivity contribution in [1.29, 1.82) is 0 Å². The second-order valence-electron chi connectivity index (χ2n) is 3.19. The summed E-state index contributed by atoms with van der Waals surface area (Å²) in [6.07, 6.45) is 2.90. The first-order valence-corrected chi connectivity index (χ1v) is 6.26. The molecule has 1 heterocycles. The van der Waals surface area contributed by atoms with Gasteiger partial charge in [0, 0.05) is 6.42 Å². The number of hydrogen-bond acceptors (Lipinski definition) is 2. The van der Waals surface area contributed by atoms with Crippen LogP contribution in [0.1, 0.15) is 12.0 Å². The monoisotopic (exact) mass is 332 g/mol. The van der Waals surface area contributed by atoms with E-state index in [4.69, 9.17) is 9.47 Å². The molecular formula is C11H10Br2O2. The molecule has 0 fully saturated rings. The fourth-order valence-corrected chi connectivity index (χ4v) is 1.92. The Hall–Kier alpha value is -0.480. The lowest BCUT2D eigenvalue weighted by Gasteiger charge is -2.07. The van der Waals surface area contributed by atoms with Crippen molar-refractivity contribution in [3.05, 3.63) is 27.2 Å². The average Bonchev–Trinajstić information content (AvgIpc) is 2.41. The summed E-state index contributed by atoms with van der Waals surface area (Å²) in [5.74, 6) is 1.65. The van der Waals surface area contributed by atoms with Gasteiger partial charge in [-0.3, -0.25) is 0 Å². The molecule has 0 N–H and O–H groups in total. The highest BCUT2D eigenvalue weighted by Crippen LogP contribution is 2.31. The van der Waals surface area contributed by atoms with Gasteiger partial charge in [-0.2, -0.15) is 0 Å². The molecule has 0 unspecified atom stereocenters. The van der Waals surface area contributed by atoms with Crippen LogP contribution in [-0.2, 0) is 0 Å². The van der Waals surface area contributed by atoms with Crippen LogP contribution in [0.5, 0.6) is 11.5 Å². The molecule has 0 atom stereocenters. The van der Waals surface area contributed by atoms with E-state index in [1.54, 1.807) is 0 Å². The lowest BCUT2D eigenvalue weighted by molar-refractivity contribution is 0.297. The average molecular weight is 334 g/mol. The highest BCUT2D eigenvalue weighted by molar-refractivity contribution is 9.28. The van der Waals surface area contributed by atoms with Gasteiger partial charge in [0.1, 0.15) is 0 Å². The SMILES string of the molecule is BrC(Br)=Cc1ccc2c(c1)OCCCO2. The first kappa shape index (κ1) is 11.0. The first-order chi connectivity index (χ1) is 7.25. The molecule has 0 saturated carbocycles. The summed E-state index contributed by atoms with van der Waals surface area (Å²) in [7, 11) is 0. The van der Waals surface area contributed by atoms with E-state index in [-0.39, 0.29) is 0 Å². The van der Waals surface area contributed by atoms with Crippen LogP contribution in [0.4, 0.5) is 0 Å². The summed E-state index contributed by atoms with van der Waals surface area (Å²) < 4.78 is 12.0. The third-order valence-corrected chi connectivity index (χ3v) is 2.51. The molecule has 1 aliphatic rings. The molecule has 0 saturated heterocycles. The largest absolute Gasteiger partial charge is 0.490 e. The Kier molecular flexibility index (Phi) is 3.70. The van der Waals surface area contributed by atoms with Gasteiger partial charge in [-0.05, 0) is 55.6 Å². The molecule has 4 heteroatoms. The van der Waals surface area contributed by atoms with Crippen molar-refractivity contribution in [3.8, 4) is 11.5 Å². The smallest absolute Gasteiger partial charge is 0.161 e. The van der Waals surface area contributed by atoms with Crippen LogP contribution in [0.3, 0.4) is 0 Å². The minimum atomic E-state index is 0.718. The second-order valence-corrected chi connectivity index (χ2v) is 5.96. The number of hydrogen-bond donors (Lipinski definition) is 0. The summed E-state index contributed by atoms with van der Waals surface area (Å²) in [5.41, 5.74) is 1.07. The molecule has 80 valence electrons. The Balaban J connectivity index is 2.32. The zero-order valence-corrected chi connectivity index (χ0v) is 11.2. The molecule has 0 aliphatic carbocycles. The standard InChI is InChI=1S/C11H10Br2O2/c12-11(13)7-8-2-3-9-10(6-8)15-5-1-4-14-9/h2-3,6-7H,1,4-5H2. The van der Waals surface area contributed by atoms with Gasteiger partial charge >= 0.3 is 0 Å². The molecule has 2 rings (SSSR count). The molecule has 0 radical (unpaired) electrons. The van der Waals surface area contributed by atoms with E-state index >= 15 is 0 Å². The summed E-state index contributed by atoms with van der Waals surface area (Å²) in [4.78, 5) is 0. The van der Waals surface area contributed by atoms with Crippen molar-refractivity contribution >= 4 is 37.9 Å². The third kappa shape index (κ3) is 2.98. The molecule has 1 aromatic rings. The number of ether oxygens (including phenoxy) is 2. The fraction of sp³-hybridized carbons (Fsp3) is 0.273. The molecular weight excluding hydrogens is 324 g/mol. The molecule has 0 spiro atoms. The van der Waals surface area contributed by atoms with E-state index in [0.717, 1.165) is 40.1 Å². The van der Waals surface area contributed by atoms with Gasteiger partial charge < -0.3 is 9.47 Å². The van der Waals surface area contributed by atoms with E-state index in [1.807, 2.05) is 24.3 Å². The maximum absolute atomic E-state index is 5.59. The summed E-state index contributed by atoms with van der Waals surface area (Å²) in [6, 6.07) is 5.91. The van der Waals surface area contributed by atoms with Crippen molar-refractivity contribution < 1.29 is 9.47 Å². The molecule has 1 aliphatic heterocycles. The number of benzene rings is 1. The lowest BCUT2D eigenvalue weighted by atomic mass is 10.2. The maximum atomic E-state index is 5.59. The Morgan fingerprint density at radius 3 is 2.60 bits per heavy atom. The molecule has 15 heavy (non-hydrogen) atoms. The highest BCUT2D eigenvalue weighted by atomic mass is 79.9. The van der Waals surface area contributed by atoms with Gasteiger partial charge in [0.15, 0.2) is 11.5 Å². The quantitative estimate of drug-likeness (QED) is 0.775. The van der Waals surface area contributed by atoms with Gasteiger partial charge in [-0.1, -0.05) is 6.07 Å². The van der Waals surface area contributed by atoms with Crippen molar-refractivity contribution in [2.75, 3.05) is 13.2 Å². The Bertz CT molecular complexity index is 384. The van der Waals surface area contributed by atoms with Gasteiger partial charge in [0.25, 0.3) is 0 Å².